The highest BCUT2D eigenvalue weighted by molar-refractivity contribution is 7.89. The molecule has 0 spiro atoms. The molecule has 4 rings (SSSR count). The van der Waals surface area contributed by atoms with Crippen LogP contribution in [0.2, 0.25) is 0 Å². The van der Waals surface area contributed by atoms with Gasteiger partial charge in [0.15, 0.2) is 0 Å². The van der Waals surface area contributed by atoms with E-state index in [1.807, 2.05) is 30.4 Å². The summed E-state index contributed by atoms with van der Waals surface area (Å²) in [7, 11) is -1.68. The van der Waals surface area contributed by atoms with Crippen LogP contribution < -0.4 is 0 Å². The fourth-order valence-electron chi connectivity index (χ4n) is 4.62. The van der Waals surface area contributed by atoms with Crippen molar-refractivity contribution in [3.63, 3.8) is 0 Å². The van der Waals surface area contributed by atoms with Gasteiger partial charge in [0, 0.05) is 38.9 Å². The number of carbonyl (C=O) groups excluding carboxylic acids is 1. The van der Waals surface area contributed by atoms with Gasteiger partial charge < -0.3 is 9.47 Å². The van der Waals surface area contributed by atoms with E-state index in [1.54, 1.807) is 10.4 Å². The van der Waals surface area contributed by atoms with Gasteiger partial charge >= 0.3 is 0 Å². The molecule has 2 saturated heterocycles. The summed E-state index contributed by atoms with van der Waals surface area (Å²) in [4.78, 5) is 20.7. The van der Waals surface area contributed by atoms with Gasteiger partial charge in [-0.15, -0.1) is 11.3 Å². The minimum absolute atomic E-state index is 0.0430. The molecular formula is C23H34N4O3S2. The maximum atomic E-state index is 13.4. The number of aryl methyl sites for hydroxylation is 1. The second kappa shape index (κ2) is 9.27. The van der Waals surface area contributed by atoms with Crippen LogP contribution in [0.15, 0.2) is 11.0 Å². The SMILES string of the molecule is Cc1nc(-c2cc(S(=O)(=O)N3CCCCCC3)c(C)n2C)sc1C(=O)N1CCC(C)CC1. The molecule has 0 N–H and O–H groups in total. The minimum Gasteiger partial charge on any atom is -0.345 e. The van der Waals surface area contributed by atoms with E-state index in [0.717, 1.165) is 57.3 Å². The van der Waals surface area contributed by atoms with Gasteiger partial charge in [0.2, 0.25) is 10.0 Å². The van der Waals surface area contributed by atoms with Gasteiger partial charge in [0.1, 0.15) is 14.8 Å². The summed E-state index contributed by atoms with van der Waals surface area (Å²) in [5.41, 5.74) is 2.16. The number of nitrogens with zero attached hydrogens (tertiary/aromatic N) is 4. The van der Waals surface area contributed by atoms with Gasteiger partial charge in [0.25, 0.3) is 5.91 Å². The Hall–Kier alpha value is -1.71. The van der Waals surface area contributed by atoms with Gasteiger partial charge in [-0.1, -0.05) is 19.8 Å². The third kappa shape index (κ3) is 4.39. The van der Waals surface area contributed by atoms with Gasteiger partial charge in [-0.2, -0.15) is 4.31 Å². The lowest BCUT2D eigenvalue weighted by atomic mass is 9.99. The molecule has 2 aliphatic rings. The quantitative estimate of drug-likeness (QED) is 0.660. The topological polar surface area (TPSA) is 75.5 Å². The van der Waals surface area contributed by atoms with Crippen LogP contribution in [0.25, 0.3) is 10.7 Å². The Morgan fingerprint density at radius 3 is 2.31 bits per heavy atom. The number of amides is 1. The predicted octanol–water partition coefficient (Wildman–Crippen LogP) is 4.20. The Balaban J connectivity index is 1.64. The third-order valence-corrected chi connectivity index (χ3v) is 10.1. The van der Waals surface area contributed by atoms with Gasteiger partial charge in [-0.25, -0.2) is 13.4 Å². The zero-order chi connectivity index (χ0) is 23.0. The van der Waals surface area contributed by atoms with Crippen molar-refractivity contribution in [3.05, 3.63) is 22.3 Å². The van der Waals surface area contributed by atoms with E-state index in [4.69, 9.17) is 0 Å². The predicted molar refractivity (Wildman–Crippen MR) is 128 cm³/mol. The average Bonchev–Trinajstić information content (AvgIpc) is 3.14. The second-order valence-corrected chi connectivity index (χ2v) is 12.2. The van der Waals surface area contributed by atoms with Crippen molar-refractivity contribution in [1.29, 1.82) is 0 Å². The summed E-state index contributed by atoms with van der Waals surface area (Å²) in [6, 6.07) is 1.74. The van der Waals surface area contributed by atoms with E-state index in [9.17, 15) is 13.2 Å². The number of aromatic nitrogens is 2. The number of hydrogen-bond donors (Lipinski definition) is 0. The van der Waals surface area contributed by atoms with E-state index in [1.165, 1.54) is 11.3 Å². The maximum Gasteiger partial charge on any atom is 0.265 e. The second-order valence-electron chi connectivity index (χ2n) is 9.26. The van der Waals surface area contributed by atoms with E-state index >= 15 is 0 Å². The Morgan fingerprint density at radius 2 is 1.69 bits per heavy atom. The molecule has 0 bridgehead atoms. The van der Waals surface area contributed by atoms with Crippen LogP contribution in [0, 0.1) is 19.8 Å². The Bertz CT molecular complexity index is 1090. The molecule has 7 nitrogen and oxygen atoms in total. The first-order chi connectivity index (χ1) is 15.2. The Kier molecular flexibility index (Phi) is 6.79. The van der Waals surface area contributed by atoms with Crippen LogP contribution in [0.4, 0.5) is 0 Å². The molecule has 0 atom stereocenters. The fraction of sp³-hybridized carbons (Fsp3) is 0.652. The molecule has 32 heavy (non-hydrogen) atoms. The van der Waals surface area contributed by atoms with Crippen LogP contribution >= 0.6 is 11.3 Å². The highest BCUT2D eigenvalue weighted by atomic mass is 32.2. The Morgan fingerprint density at radius 1 is 1.06 bits per heavy atom. The molecule has 2 aliphatic heterocycles. The first kappa shape index (κ1) is 23.4. The summed E-state index contributed by atoms with van der Waals surface area (Å²) in [6.07, 6.45) is 6.04. The number of piperidine rings is 1. The van der Waals surface area contributed by atoms with Crippen molar-refractivity contribution in [2.45, 2.75) is 64.2 Å². The average molecular weight is 479 g/mol. The summed E-state index contributed by atoms with van der Waals surface area (Å²) < 4.78 is 30.3. The minimum atomic E-state index is -3.55. The van der Waals surface area contributed by atoms with Crippen molar-refractivity contribution < 1.29 is 13.2 Å². The molecule has 0 unspecified atom stereocenters. The monoisotopic (exact) mass is 478 g/mol. The molecule has 4 heterocycles. The van der Waals surface area contributed by atoms with Crippen LogP contribution in [-0.4, -0.2) is 59.3 Å². The van der Waals surface area contributed by atoms with Crippen LogP contribution in [0.3, 0.4) is 0 Å². The van der Waals surface area contributed by atoms with E-state index in [-0.39, 0.29) is 5.91 Å². The standard InChI is InChI=1S/C23H34N4O3S2/c1-16-9-13-26(14-10-16)23(28)21-17(2)24-22(31-21)19-15-20(18(3)25(19)4)32(29,30)27-11-7-5-6-8-12-27/h15-16H,5-14H2,1-4H3. The van der Waals surface area contributed by atoms with Crippen molar-refractivity contribution in [2.24, 2.45) is 13.0 Å². The number of carbonyl (C=O) groups is 1. The first-order valence-corrected chi connectivity index (χ1v) is 13.9. The van der Waals surface area contributed by atoms with E-state index in [2.05, 4.69) is 11.9 Å². The molecule has 0 saturated carbocycles. The lowest BCUT2D eigenvalue weighted by Gasteiger charge is -2.30. The molecule has 0 aliphatic carbocycles. The highest BCUT2D eigenvalue weighted by Gasteiger charge is 2.31. The van der Waals surface area contributed by atoms with Crippen molar-refractivity contribution >= 4 is 27.3 Å². The van der Waals surface area contributed by atoms with Crippen molar-refractivity contribution in [2.75, 3.05) is 26.2 Å². The first-order valence-electron chi connectivity index (χ1n) is 11.6. The number of likely N-dealkylation sites (tertiary alicyclic amines) is 1. The normalized spacial score (nSPS) is 19.3. The summed E-state index contributed by atoms with van der Waals surface area (Å²) in [6.45, 7) is 8.67. The number of rotatable bonds is 4. The maximum absolute atomic E-state index is 13.4. The molecule has 0 aromatic carbocycles. The van der Waals surface area contributed by atoms with Gasteiger partial charge in [-0.3, -0.25) is 4.79 Å². The van der Waals surface area contributed by atoms with Crippen molar-refractivity contribution in [1.82, 2.24) is 18.8 Å². The molecule has 0 radical (unpaired) electrons. The molecular weight excluding hydrogens is 444 g/mol. The lowest BCUT2D eigenvalue weighted by Crippen LogP contribution is -2.37. The highest BCUT2D eigenvalue weighted by Crippen LogP contribution is 2.34. The Labute approximate surface area is 195 Å². The van der Waals surface area contributed by atoms with Gasteiger partial charge in [0.05, 0.1) is 11.4 Å². The number of hydrogen-bond acceptors (Lipinski definition) is 5. The van der Waals surface area contributed by atoms with Crippen LogP contribution in [0.1, 0.15) is 66.5 Å². The van der Waals surface area contributed by atoms with Crippen LogP contribution in [-0.2, 0) is 17.1 Å². The van der Waals surface area contributed by atoms with Gasteiger partial charge in [-0.05, 0) is 51.5 Å². The molecule has 9 heteroatoms. The zero-order valence-corrected chi connectivity index (χ0v) is 21.2. The zero-order valence-electron chi connectivity index (χ0n) is 19.6. The third-order valence-electron chi connectivity index (χ3n) is 6.95. The van der Waals surface area contributed by atoms with Crippen molar-refractivity contribution in [3.8, 4) is 10.7 Å². The number of thiazole rings is 1. The fourth-order valence-corrected chi connectivity index (χ4v) is 7.49. The molecule has 2 aromatic rings. The van der Waals surface area contributed by atoms with E-state index < -0.39 is 10.0 Å². The molecule has 2 aromatic heterocycles. The van der Waals surface area contributed by atoms with E-state index in [0.29, 0.717) is 45.2 Å². The van der Waals surface area contributed by atoms with Crippen LogP contribution in [0.5, 0.6) is 0 Å². The summed E-state index contributed by atoms with van der Waals surface area (Å²) >= 11 is 1.37. The summed E-state index contributed by atoms with van der Waals surface area (Å²) in [5.74, 6) is 0.703. The molecule has 2 fully saturated rings. The lowest BCUT2D eigenvalue weighted by molar-refractivity contribution is 0.0701. The number of sulfonamides is 1. The smallest absolute Gasteiger partial charge is 0.265 e. The largest absolute Gasteiger partial charge is 0.345 e. The molecule has 176 valence electrons. The molecule has 1 amide bonds. The summed E-state index contributed by atoms with van der Waals surface area (Å²) in [5, 5.41) is 0.694.